The van der Waals surface area contributed by atoms with Gasteiger partial charge in [0.15, 0.2) is 13.0 Å². The standard InChI is InChI=1S/C16H27BO2/c1-2-12-18-16(10-1)19-13-5-11-17-14-6-3-7-15(17)9-4-8-14/h5,11,14-16H,1-4,6-10,12-13H2/b11-5+. The zero-order chi connectivity index (χ0) is 12.9. The summed E-state index contributed by atoms with van der Waals surface area (Å²) >= 11 is 0. The van der Waals surface area contributed by atoms with Crippen molar-refractivity contribution in [3.8, 4) is 0 Å². The fourth-order valence-corrected chi connectivity index (χ4v) is 4.26. The van der Waals surface area contributed by atoms with Crippen molar-refractivity contribution in [2.75, 3.05) is 13.2 Å². The van der Waals surface area contributed by atoms with Crippen LogP contribution < -0.4 is 0 Å². The highest BCUT2D eigenvalue weighted by molar-refractivity contribution is 6.67. The first-order valence-corrected chi connectivity index (χ1v) is 8.33. The molecule has 3 heterocycles. The molecule has 3 saturated heterocycles. The number of fused-ring (bicyclic) bond motifs is 2. The summed E-state index contributed by atoms with van der Waals surface area (Å²) in [6.45, 7) is 2.46. The van der Waals surface area contributed by atoms with Crippen LogP contribution in [-0.2, 0) is 9.47 Å². The van der Waals surface area contributed by atoms with Crippen LogP contribution in [-0.4, -0.2) is 26.2 Å². The molecule has 0 amide bonds. The minimum Gasteiger partial charge on any atom is -0.353 e. The monoisotopic (exact) mass is 262 g/mol. The van der Waals surface area contributed by atoms with Gasteiger partial charge in [0.1, 0.15) is 0 Å². The molecule has 19 heavy (non-hydrogen) atoms. The van der Waals surface area contributed by atoms with Gasteiger partial charge in [-0.2, -0.15) is 0 Å². The molecular weight excluding hydrogens is 235 g/mol. The summed E-state index contributed by atoms with van der Waals surface area (Å²) in [6, 6.07) is 0. The van der Waals surface area contributed by atoms with E-state index in [-0.39, 0.29) is 6.29 Å². The molecule has 3 aliphatic heterocycles. The second-order valence-corrected chi connectivity index (χ2v) is 6.52. The van der Waals surface area contributed by atoms with Crippen molar-refractivity contribution >= 4 is 6.71 Å². The van der Waals surface area contributed by atoms with Gasteiger partial charge in [-0.25, -0.2) is 0 Å². The molecule has 0 aliphatic carbocycles. The van der Waals surface area contributed by atoms with Crippen LogP contribution in [0.5, 0.6) is 0 Å². The fraction of sp³-hybridized carbons (Fsp3) is 0.875. The molecule has 0 saturated carbocycles. The molecule has 0 aromatic rings. The maximum Gasteiger partial charge on any atom is 0.172 e. The molecule has 3 aliphatic rings. The Bertz CT molecular complexity index is 277. The highest BCUT2D eigenvalue weighted by atomic mass is 16.7. The van der Waals surface area contributed by atoms with Crippen LogP contribution >= 0.6 is 0 Å². The smallest absolute Gasteiger partial charge is 0.172 e. The summed E-state index contributed by atoms with van der Waals surface area (Å²) in [4.78, 5) is 0. The minimum atomic E-state index is 0.0595. The summed E-state index contributed by atoms with van der Waals surface area (Å²) in [5.41, 5.74) is 0. The Hall–Kier alpha value is -0.275. The summed E-state index contributed by atoms with van der Waals surface area (Å²) in [7, 11) is 0. The molecule has 0 aromatic carbocycles. The number of ether oxygens (including phenoxy) is 2. The van der Waals surface area contributed by atoms with E-state index in [1.165, 1.54) is 51.4 Å². The van der Waals surface area contributed by atoms with E-state index in [0.717, 1.165) is 38.0 Å². The molecule has 1 unspecified atom stereocenters. The van der Waals surface area contributed by atoms with Crippen LogP contribution in [0.15, 0.2) is 12.1 Å². The van der Waals surface area contributed by atoms with Crippen LogP contribution in [0, 0.1) is 0 Å². The summed E-state index contributed by atoms with van der Waals surface area (Å²) in [6.07, 6.45) is 14.6. The van der Waals surface area contributed by atoms with Gasteiger partial charge in [0, 0.05) is 6.61 Å². The topological polar surface area (TPSA) is 18.5 Å². The molecule has 3 rings (SSSR count). The Kier molecular flexibility index (Phi) is 5.00. The molecule has 3 fully saturated rings. The molecule has 2 bridgehead atoms. The van der Waals surface area contributed by atoms with Gasteiger partial charge >= 0.3 is 0 Å². The Morgan fingerprint density at radius 3 is 2.32 bits per heavy atom. The van der Waals surface area contributed by atoms with Crippen molar-refractivity contribution in [3.63, 3.8) is 0 Å². The van der Waals surface area contributed by atoms with Crippen LogP contribution in [0.2, 0.25) is 11.6 Å². The van der Waals surface area contributed by atoms with E-state index in [1.54, 1.807) is 0 Å². The van der Waals surface area contributed by atoms with E-state index in [2.05, 4.69) is 12.1 Å². The minimum absolute atomic E-state index is 0.0595. The molecular formula is C16H27BO2. The van der Waals surface area contributed by atoms with Gasteiger partial charge in [0.2, 0.25) is 0 Å². The zero-order valence-electron chi connectivity index (χ0n) is 12.1. The van der Waals surface area contributed by atoms with Crippen molar-refractivity contribution < 1.29 is 9.47 Å². The Balaban J connectivity index is 1.43. The average molecular weight is 262 g/mol. The van der Waals surface area contributed by atoms with Crippen molar-refractivity contribution in [3.05, 3.63) is 12.1 Å². The van der Waals surface area contributed by atoms with Crippen LogP contribution in [0.4, 0.5) is 0 Å². The van der Waals surface area contributed by atoms with E-state index in [0.29, 0.717) is 0 Å². The summed E-state index contributed by atoms with van der Waals surface area (Å²) in [5.74, 6) is 4.40. The Morgan fingerprint density at radius 1 is 0.947 bits per heavy atom. The van der Waals surface area contributed by atoms with Gasteiger partial charge in [-0.05, 0) is 19.3 Å². The highest BCUT2D eigenvalue weighted by Gasteiger charge is 2.37. The van der Waals surface area contributed by atoms with Gasteiger partial charge in [0.25, 0.3) is 0 Å². The van der Waals surface area contributed by atoms with E-state index >= 15 is 0 Å². The zero-order valence-corrected chi connectivity index (χ0v) is 12.1. The van der Waals surface area contributed by atoms with E-state index < -0.39 is 0 Å². The third kappa shape index (κ3) is 3.63. The number of rotatable bonds is 4. The third-order valence-electron chi connectivity index (χ3n) is 5.26. The normalized spacial score (nSPS) is 35.8. The van der Waals surface area contributed by atoms with Crippen molar-refractivity contribution in [2.24, 2.45) is 0 Å². The van der Waals surface area contributed by atoms with Crippen LogP contribution in [0.1, 0.15) is 57.8 Å². The second kappa shape index (κ2) is 6.94. The SMILES string of the molecule is C(=C\B1C2CCCC1CCC2)/COC1CCCCO1. The molecule has 2 nitrogen and oxygen atoms in total. The lowest BCUT2D eigenvalue weighted by Crippen LogP contribution is -2.33. The first kappa shape index (κ1) is 13.7. The van der Waals surface area contributed by atoms with Crippen molar-refractivity contribution in [1.82, 2.24) is 0 Å². The molecule has 3 heteroatoms. The van der Waals surface area contributed by atoms with E-state index in [4.69, 9.17) is 9.47 Å². The predicted octanol–water partition coefficient (Wildman–Crippen LogP) is 4.23. The van der Waals surface area contributed by atoms with Gasteiger partial charge in [0.05, 0.1) is 6.61 Å². The summed E-state index contributed by atoms with van der Waals surface area (Å²) in [5, 5.41) is 0. The lowest BCUT2D eigenvalue weighted by molar-refractivity contribution is -0.155. The number of hydrogen-bond donors (Lipinski definition) is 0. The molecule has 0 N–H and O–H groups in total. The van der Waals surface area contributed by atoms with Gasteiger partial charge < -0.3 is 9.47 Å². The second-order valence-electron chi connectivity index (χ2n) is 6.52. The summed E-state index contributed by atoms with van der Waals surface area (Å²) < 4.78 is 11.4. The first-order valence-electron chi connectivity index (χ1n) is 8.33. The highest BCUT2D eigenvalue weighted by Crippen LogP contribution is 2.46. The maximum atomic E-state index is 5.79. The predicted molar refractivity (Wildman–Crippen MR) is 79.6 cm³/mol. The molecule has 106 valence electrons. The first-order chi connectivity index (χ1) is 9.43. The van der Waals surface area contributed by atoms with Gasteiger partial charge in [-0.3, -0.25) is 0 Å². The quantitative estimate of drug-likeness (QED) is 0.706. The largest absolute Gasteiger partial charge is 0.353 e. The van der Waals surface area contributed by atoms with E-state index in [1.807, 2.05) is 0 Å². The lowest BCUT2D eigenvalue weighted by atomic mass is 9.27. The van der Waals surface area contributed by atoms with Gasteiger partial charge in [-0.15, -0.1) is 5.98 Å². The maximum absolute atomic E-state index is 5.79. The molecule has 0 spiro atoms. The molecule has 0 aromatic heterocycles. The number of hydrogen-bond acceptors (Lipinski definition) is 2. The van der Waals surface area contributed by atoms with Crippen LogP contribution in [0.25, 0.3) is 0 Å². The molecule has 0 radical (unpaired) electrons. The third-order valence-corrected chi connectivity index (χ3v) is 5.26. The van der Waals surface area contributed by atoms with E-state index in [9.17, 15) is 0 Å². The fourth-order valence-electron chi connectivity index (χ4n) is 4.26. The van der Waals surface area contributed by atoms with Crippen molar-refractivity contribution in [2.45, 2.75) is 75.7 Å². The Morgan fingerprint density at radius 2 is 1.68 bits per heavy atom. The Labute approximate surface area is 118 Å². The van der Waals surface area contributed by atoms with Gasteiger partial charge in [-0.1, -0.05) is 56.2 Å². The van der Waals surface area contributed by atoms with Crippen molar-refractivity contribution in [1.29, 1.82) is 0 Å². The van der Waals surface area contributed by atoms with Crippen LogP contribution in [0.3, 0.4) is 0 Å². The average Bonchev–Trinajstić information content (AvgIpc) is 2.44. The lowest BCUT2D eigenvalue weighted by Gasteiger charge is -2.39. The molecule has 1 atom stereocenters.